The Morgan fingerprint density at radius 2 is 1.76 bits per heavy atom. The number of anilines is 2. The predicted molar refractivity (Wildman–Crippen MR) is 129 cm³/mol. The van der Waals surface area contributed by atoms with Gasteiger partial charge in [-0.2, -0.15) is 17.5 Å². The number of nitrogens with two attached hydrogens (primary N) is 1. The molecule has 37 heavy (non-hydrogen) atoms. The zero-order valence-corrected chi connectivity index (χ0v) is 20.0. The molecular weight excluding hydrogens is 511 g/mol. The molecule has 0 amide bonds. The first-order valence-corrected chi connectivity index (χ1v) is 12.6. The van der Waals surface area contributed by atoms with E-state index >= 15 is 0 Å². The summed E-state index contributed by atoms with van der Waals surface area (Å²) in [6.45, 7) is -0.0605. The van der Waals surface area contributed by atoms with E-state index in [4.69, 9.17) is 5.73 Å². The number of sulfonamides is 1. The fourth-order valence-corrected chi connectivity index (χ4v) is 5.65. The van der Waals surface area contributed by atoms with Crippen LogP contribution in [0.2, 0.25) is 0 Å². The van der Waals surface area contributed by atoms with Crippen molar-refractivity contribution in [3.63, 3.8) is 0 Å². The normalized spacial score (nSPS) is 19.2. The van der Waals surface area contributed by atoms with Crippen molar-refractivity contribution in [3.8, 4) is 11.1 Å². The van der Waals surface area contributed by atoms with Crippen molar-refractivity contribution >= 4 is 27.4 Å². The lowest BCUT2D eigenvalue weighted by atomic mass is 10.0. The molecule has 1 aromatic carbocycles. The summed E-state index contributed by atoms with van der Waals surface area (Å²) in [5.41, 5.74) is 7.07. The molecule has 4 N–H and O–H groups in total. The molecule has 1 saturated heterocycles. The van der Waals surface area contributed by atoms with Crippen LogP contribution in [0, 0.1) is 0 Å². The van der Waals surface area contributed by atoms with Crippen LogP contribution in [-0.4, -0.2) is 62.6 Å². The molecule has 0 radical (unpaired) electrons. The molecule has 1 fully saturated rings. The maximum Gasteiger partial charge on any atom is 0.417 e. The third kappa shape index (κ3) is 4.95. The molecule has 0 bridgehead atoms. The van der Waals surface area contributed by atoms with Gasteiger partial charge in [0, 0.05) is 25.5 Å². The Hall–Kier alpha value is -3.75. The summed E-state index contributed by atoms with van der Waals surface area (Å²) in [6.07, 6.45) is -2.89. The van der Waals surface area contributed by atoms with Crippen LogP contribution in [0.5, 0.6) is 0 Å². The van der Waals surface area contributed by atoms with E-state index in [-0.39, 0.29) is 36.2 Å². The fourth-order valence-electron chi connectivity index (χ4n) is 4.17. The number of halogens is 3. The first-order chi connectivity index (χ1) is 17.5. The Morgan fingerprint density at radius 3 is 2.41 bits per heavy atom. The second kappa shape index (κ2) is 9.28. The van der Waals surface area contributed by atoms with Gasteiger partial charge in [-0.05, 0) is 53.9 Å². The number of pyridine rings is 2. The summed E-state index contributed by atoms with van der Waals surface area (Å²) in [6, 6.07) is 11.4. The van der Waals surface area contributed by atoms with Crippen molar-refractivity contribution in [2.75, 3.05) is 24.1 Å². The maximum absolute atomic E-state index is 13.2. The number of hydrogen-bond donors (Lipinski definition) is 3. The Kier molecular flexibility index (Phi) is 6.25. The quantitative estimate of drug-likeness (QED) is 0.356. The zero-order valence-electron chi connectivity index (χ0n) is 19.2. The number of aromatic nitrogens is 4. The summed E-state index contributed by atoms with van der Waals surface area (Å²) in [5, 5.41) is 21.2. The second-order valence-corrected chi connectivity index (χ2v) is 10.6. The van der Waals surface area contributed by atoms with Crippen LogP contribution in [0.4, 0.5) is 24.9 Å². The van der Waals surface area contributed by atoms with Crippen LogP contribution in [0.25, 0.3) is 16.8 Å². The standard InChI is InChI=1S/C23H22F3N7O3S/c24-23(25,26)16-4-7-20(28-11-16)29-18-9-10-32(13-19(18)34)37(35,36)17-5-1-14(2-6-17)15-3-8-21-30-31-22(27)33(21)12-15/h1-8,11-12,18-19,34H,9-10,13H2,(H2,27,31)(H,28,29)/t18-,19+/m1/s1. The minimum absolute atomic E-state index is 0.0733. The first-order valence-electron chi connectivity index (χ1n) is 11.2. The third-order valence-electron chi connectivity index (χ3n) is 6.22. The number of alkyl halides is 3. The van der Waals surface area contributed by atoms with Gasteiger partial charge in [-0.15, -0.1) is 10.2 Å². The zero-order chi connectivity index (χ0) is 26.4. The Labute approximate surface area is 209 Å². The van der Waals surface area contributed by atoms with Crippen molar-refractivity contribution in [2.24, 2.45) is 0 Å². The smallest absolute Gasteiger partial charge is 0.390 e. The van der Waals surface area contributed by atoms with Gasteiger partial charge < -0.3 is 16.2 Å². The predicted octanol–water partition coefficient (Wildman–Crippen LogP) is 2.63. The van der Waals surface area contributed by atoms with Gasteiger partial charge in [0.25, 0.3) is 0 Å². The highest BCUT2D eigenvalue weighted by molar-refractivity contribution is 7.89. The van der Waals surface area contributed by atoms with E-state index in [2.05, 4.69) is 20.5 Å². The van der Waals surface area contributed by atoms with Crippen molar-refractivity contribution in [1.82, 2.24) is 23.9 Å². The minimum atomic E-state index is -4.50. The number of nitrogen functional groups attached to an aromatic ring is 1. The molecule has 0 aliphatic carbocycles. The fraction of sp³-hybridized carbons (Fsp3) is 0.261. The van der Waals surface area contributed by atoms with Gasteiger partial charge in [0.05, 0.1) is 22.6 Å². The van der Waals surface area contributed by atoms with Crippen molar-refractivity contribution < 1.29 is 26.7 Å². The van der Waals surface area contributed by atoms with E-state index in [1.807, 2.05) is 6.07 Å². The summed E-state index contributed by atoms with van der Waals surface area (Å²) in [4.78, 5) is 3.82. The number of benzene rings is 1. The number of β-amino-alcohol motifs (C(OH)–C–C–N with tert-alkyl or cyclic N) is 1. The molecule has 2 atom stereocenters. The summed E-state index contributed by atoms with van der Waals surface area (Å²) < 4.78 is 67.4. The van der Waals surface area contributed by atoms with Gasteiger partial charge in [-0.25, -0.2) is 13.4 Å². The molecule has 4 heterocycles. The Bertz CT molecular complexity index is 1520. The molecule has 4 aromatic rings. The highest BCUT2D eigenvalue weighted by Crippen LogP contribution is 2.30. The number of aliphatic hydroxyl groups is 1. The number of fused-ring (bicyclic) bond motifs is 1. The van der Waals surface area contributed by atoms with E-state index in [1.54, 1.807) is 28.8 Å². The molecule has 0 spiro atoms. The molecular formula is C23H22F3N7O3S. The van der Waals surface area contributed by atoms with E-state index in [9.17, 15) is 26.7 Å². The first kappa shape index (κ1) is 24.9. The Balaban J connectivity index is 1.26. The van der Waals surface area contributed by atoms with Crippen molar-refractivity contribution in [2.45, 2.75) is 29.6 Å². The monoisotopic (exact) mass is 533 g/mol. The number of nitrogens with zero attached hydrogens (tertiary/aromatic N) is 5. The molecule has 0 unspecified atom stereocenters. The molecule has 1 aliphatic heterocycles. The molecule has 14 heteroatoms. The largest absolute Gasteiger partial charge is 0.417 e. The lowest BCUT2D eigenvalue weighted by Gasteiger charge is -2.35. The van der Waals surface area contributed by atoms with Gasteiger partial charge in [0.1, 0.15) is 5.82 Å². The number of aliphatic hydroxyl groups excluding tert-OH is 1. The molecule has 1 aliphatic rings. The van der Waals surface area contributed by atoms with Gasteiger partial charge in [0.15, 0.2) is 5.65 Å². The third-order valence-corrected chi connectivity index (χ3v) is 8.10. The number of nitrogens with one attached hydrogen (secondary N) is 1. The summed E-state index contributed by atoms with van der Waals surface area (Å²) >= 11 is 0. The van der Waals surface area contributed by atoms with Gasteiger partial charge in [-0.3, -0.25) is 4.40 Å². The molecule has 10 nitrogen and oxygen atoms in total. The maximum atomic E-state index is 13.2. The van der Waals surface area contributed by atoms with Crippen LogP contribution in [-0.2, 0) is 16.2 Å². The van der Waals surface area contributed by atoms with Crippen LogP contribution >= 0.6 is 0 Å². The van der Waals surface area contributed by atoms with Gasteiger partial charge >= 0.3 is 6.18 Å². The van der Waals surface area contributed by atoms with Crippen LogP contribution in [0.3, 0.4) is 0 Å². The van der Waals surface area contributed by atoms with Crippen LogP contribution in [0.15, 0.2) is 65.8 Å². The van der Waals surface area contributed by atoms with E-state index in [0.29, 0.717) is 11.8 Å². The number of hydrogen-bond acceptors (Lipinski definition) is 8. The molecule has 194 valence electrons. The highest BCUT2D eigenvalue weighted by atomic mass is 32.2. The van der Waals surface area contributed by atoms with Crippen LogP contribution < -0.4 is 11.1 Å². The van der Waals surface area contributed by atoms with E-state index in [1.165, 1.54) is 22.5 Å². The van der Waals surface area contributed by atoms with E-state index < -0.39 is 33.9 Å². The Morgan fingerprint density at radius 1 is 1.03 bits per heavy atom. The number of rotatable bonds is 5. The van der Waals surface area contributed by atoms with Crippen molar-refractivity contribution in [3.05, 3.63) is 66.5 Å². The highest BCUT2D eigenvalue weighted by Gasteiger charge is 2.35. The summed E-state index contributed by atoms with van der Waals surface area (Å²) in [5.74, 6) is 0.400. The van der Waals surface area contributed by atoms with Crippen molar-refractivity contribution in [1.29, 1.82) is 0 Å². The van der Waals surface area contributed by atoms with Gasteiger partial charge in [0.2, 0.25) is 16.0 Å². The lowest BCUT2D eigenvalue weighted by molar-refractivity contribution is -0.137. The molecule has 5 rings (SSSR count). The summed E-state index contributed by atoms with van der Waals surface area (Å²) in [7, 11) is -3.88. The number of piperidine rings is 1. The van der Waals surface area contributed by atoms with E-state index in [0.717, 1.165) is 17.2 Å². The molecule has 0 saturated carbocycles. The SMILES string of the molecule is Nc1nnc2ccc(-c3ccc(S(=O)(=O)N4CC[C@@H](Nc5ccc(C(F)(F)F)cn5)[C@@H](O)C4)cc3)cn12. The average molecular weight is 534 g/mol. The second-order valence-electron chi connectivity index (χ2n) is 8.63. The topological polar surface area (TPSA) is 139 Å². The lowest BCUT2D eigenvalue weighted by Crippen LogP contribution is -2.51. The molecule has 3 aromatic heterocycles. The van der Waals surface area contributed by atoms with Gasteiger partial charge in [-0.1, -0.05) is 12.1 Å². The minimum Gasteiger partial charge on any atom is -0.390 e. The van der Waals surface area contributed by atoms with Crippen LogP contribution in [0.1, 0.15) is 12.0 Å². The average Bonchev–Trinajstić information content (AvgIpc) is 3.25.